The molecule has 1 N–H and O–H groups in total. The lowest BCUT2D eigenvalue weighted by Gasteiger charge is -2.43. The number of carboxylic acid groups (broad SMARTS) is 1. The molecule has 1 aromatic carbocycles. The van der Waals surface area contributed by atoms with Gasteiger partial charge < -0.3 is 14.7 Å². The van der Waals surface area contributed by atoms with Crippen molar-refractivity contribution in [1.82, 2.24) is 9.88 Å². The van der Waals surface area contributed by atoms with Gasteiger partial charge in [-0.2, -0.15) is 0 Å². The molecule has 28 heavy (non-hydrogen) atoms. The highest BCUT2D eigenvalue weighted by molar-refractivity contribution is 6.02. The second-order valence-electron chi connectivity index (χ2n) is 7.27. The van der Waals surface area contributed by atoms with Crippen LogP contribution in [0.25, 0.3) is 0 Å². The van der Waals surface area contributed by atoms with Gasteiger partial charge in [-0.05, 0) is 50.2 Å². The van der Waals surface area contributed by atoms with Crippen molar-refractivity contribution in [1.29, 1.82) is 0 Å². The van der Waals surface area contributed by atoms with E-state index in [4.69, 9.17) is 9.84 Å². The van der Waals surface area contributed by atoms with Crippen LogP contribution in [0, 0.1) is 0 Å². The maximum Gasteiger partial charge on any atom is 0.341 e. The molecule has 0 atom stereocenters. The Kier molecular flexibility index (Phi) is 5.94. The zero-order valence-electron chi connectivity index (χ0n) is 16.2. The van der Waals surface area contributed by atoms with Crippen molar-refractivity contribution in [2.24, 2.45) is 0 Å². The van der Waals surface area contributed by atoms with E-state index in [0.717, 1.165) is 31.9 Å². The van der Waals surface area contributed by atoms with Gasteiger partial charge in [0, 0.05) is 49.8 Å². The number of aromatic nitrogens is 1. The SMILES string of the molecule is CC(C)(C(=O)c1ccc(OCC(=O)O)cc1)N1CCN(c2ccncc2)CC1. The Morgan fingerprint density at radius 3 is 2.21 bits per heavy atom. The van der Waals surface area contributed by atoms with Crippen LogP contribution >= 0.6 is 0 Å². The van der Waals surface area contributed by atoms with Gasteiger partial charge in [0.25, 0.3) is 0 Å². The molecular formula is C21H25N3O4. The first-order valence-corrected chi connectivity index (χ1v) is 9.27. The number of Topliss-reactive ketones (excluding diaryl/α,β-unsaturated/α-hetero) is 1. The van der Waals surface area contributed by atoms with E-state index in [9.17, 15) is 9.59 Å². The molecule has 1 aliphatic heterocycles. The predicted octanol–water partition coefficient (Wildman–Crippen LogP) is 2.33. The molecule has 2 aromatic rings. The van der Waals surface area contributed by atoms with Gasteiger partial charge in [0.2, 0.25) is 0 Å². The third kappa shape index (κ3) is 4.48. The lowest BCUT2D eigenvalue weighted by molar-refractivity contribution is -0.139. The zero-order chi connectivity index (χ0) is 20.1. The first-order valence-electron chi connectivity index (χ1n) is 9.27. The van der Waals surface area contributed by atoms with Crippen LogP contribution in [0.3, 0.4) is 0 Å². The summed E-state index contributed by atoms with van der Waals surface area (Å²) in [5, 5.41) is 8.67. The molecule has 0 spiro atoms. The van der Waals surface area contributed by atoms with E-state index in [2.05, 4.69) is 14.8 Å². The molecule has 3 rings (SSSR count). The maximum absolute atomic E-state index is 13.1. The summed E-state index contributed by atoms with van der Waals surface area (Å²) >= 11 is 0. The number of ether oxygens (including phenoxy) is 1. The maximum atomic E-state index is 13.1. The van der Waals surface area contributed by atoms with Crippen LogP contribution in [0.1, 0.15) is 24.2 Å². The number of carboxylic acids is 1. The van der Waals surface area contributed by atoms with Crippen molar-refractivity contribution in [2.75, 3.05) is 37.7 Å². The van der Waals surface area contributed by atoms with E-state index in [-0.39, 0.29) is 5.78 Å². The summed E-state index contributed by atoms with van der Waals surface area (Å²) in [6.45, 7) is 6.78. The monoisotopic (exact) mass is 383 g/mol. The van der Waals surface area contributed by atoms with Crippen molar-refractivity contribution in [2.45, 2.75) is 19.4 Å². The molecule has 0 amide bonds. The number of hydrogen-bond donors (Lipinski definition) is 1. The molecule has 7 nitrogen and oxygen atoms in total. The normalized spacial score (nSPS) is 15.3. The summed E-state index contributed by atoms with van der Waals surface area (Å²) in [4.78, 5) is 32.2. The van der Waals surface area contributed by atoms with Crippen LogP contribution in [0.2, 0.25) is 0 Å². The van der Waals surface area contributed by atoms with Gasteiger partial charge in [0.1, 0.15) is 5.75 Å². The van der Waals surface area contributed by atoms with Crippen LogP contribution in [0.5, 0.6) is 5.75 Å². The highest BCUT2D eigenvalue weighted by atomic mass is 16.5. The molecule has 2 heterocycles. The summed E-state index contributed by atoms with van der Waals surface area (Å²) in [5.74, 6) is -0.565. The first kappa shape index (κ1) is 19.8. The molecule has 7 heteroatoms. The zero-order valence-corrected chi connectivity index (χ0v) is 16.2. The minimum absolute atomic E-state index is 0.0367. The molecule has 0 unspecified atom stereocenters. The number of hydrogen-bond acceptors (Lipinski definition) is 6. The Morgan fingerprint density at radius 2 is 1.64 bits per heavy atom. The smallest absolute Gasteiger partial charge is 0.341 e. The Bertz CT molecular complexity index is 813. The summed E-state index contributed by atoms with van der Waals surface area (Å²) in [5.41, 5.74) is 1.10. The summed E-state index contributed by atoms with van der Waals surface area (Å²) < 4.78 is 5.13. The highest BCUT2D eigenvalue weighted by Crippen LogP contribution is 2.25. The van der Waals surface area contributed by atoms with Crippen molar-refractivity contribution in [3.8, 4) is 5.75 Å². The van der Waals surface area contributed by atoms with Crippen LogP contribution in [0.4, 0.5) is 5.69 Å². The lowest BCUT2D eigenvalue weighted by atomic mass is 9.90. The van der Waals surface area contributed by atoms with E-state index in [1.807, 2.05) is 26.0 Å². The number of ketones is 1. The number of benzene rings is 1. The van der Waals surface area contributed by atoms with Crippen LogP contribution in [-0.2, 0) is 4.79 Å². The first-order chi connectivity index (χ1) is 13.4. The minimum atomic E-state index is -1.04. The molecule has 0 saturated carbocycles. The number of carbonyl (C=O) groups excluding carboxylic acids is 1. The molecule has 0 bridgehead atoms. The van der Waals surface area contributed by atoms with Gasteiger partial charge in [-0.3, -0.25) is 14.7 Å². The fourth-order valence-electron chi connectivity index (χ4n) is 3.42. The summed E-state index contributed by atoms with van der Waals surface area (Å²) in [6, 6.07) is 10.6. The standard InChI is InChI=1S/C21H25N3O4/c1-21(2,20(27)16-3-5-18(6-4-16)28-15-19(25)26)24-13-11-23(12-14-24)17-7-9-22-10-8-17/h3-10H,11-15H2,1-2H3,(H,25,26). The number of nitrogens with zero attached hydrogens (tertiary/aromatic N) is 3. The van der Waals surface area contributed by atoms with Crippen molar-refractivity contribution >= 4 is 17.4 Å². The van der Waals surface area contributed by atoms with E-state index in [1.165, 1.54) is 0 Å². The number of anilines is 1. The molecular weight excluding hydrogens is 358 g/mol. The molecule has 0 radical (unpaired) electrons. The third-order valence-corrected chi connectivity index (χ3v) is 5.13. The highest BCUT2D eigenvalue weighted by Gasteiger charge is 2.36. The van der Waals surface area contributed by atoms with E-state index in [1.54, 1.807) is 36.7 Å². The fourth-order valence-corrected chi connectivity index (χ4v) is 3.42. The molecule has 1 aliphatic rings. The second kappa shape index (κ2) is 8.39. The lowest BCUT2D eigenvalue weighted by Crippen LogP contribution is -2.58. The number of pyridine rings is 1. The van der Waals surface area contributed by atoms with Crippen LogP contribution in [-0.4, -0.2) is 65.1 Å². The van der Waals surface area contributed by atoms with Gasteiger partial charge in [0.05, 0.1) is 5.54 Å². The van der Waals surface area contributed by atoms with Gasteiger partial charge in [0.15, 0.2) is 12.4 Å². The average Bonchev–Trinajstić information content (AvgIpc) is 2.73. The van der Waals surface area contributed by atoms with Gasteiger partial charge in [-0.1, -0.05) is 0 Å². The Hall–Kier alpha value is -2.93. The Morgan fingerprint density at radius 1 is 1.04 bits per heavy atom. The summed E-state index contributed by atoms with van der Waals surface area (Å²) in [6.07, 6.45) is 3.58. The fraction of sp³-hybridized carbons (Fsp3) is 0.381. The minimum Gasteiger partial charge on any atom is -0.482 e. The van der Waals surface area contributed by atoms with Crippen molar-refractivity contribution in [3.05, 3.63) is 54.4 Å². The topological polar surface area (TPSA) is 83.0 Å². The number of rotatable bonds is 7. The van der Waals surface area contributed by atoms with Gasteiger partial charge in [-0.25, -0.2) is 4.79 Å². The van der Waals surface area contributed by atoms with E-state index < -0.39 is 18.1 Å². The number of aliphatic carboxylic acids is 1. The molecule has 1 saturated heterocycles. The van der Waals surface area contributed by atoms with Gasteiger partial charge in [-0.15, -0.1) is 0 Å². The Labute approximate surface area is 164 Å². The second-order valence-corrected chi connectivity index (χ2v) is 7.27. The van der Waals surface area contributed by atoms with Crippen molar-refractivity contribution < 1.29 is 19.4 Å². The van der Waals surface area contributed by atoms with Crippen molar-refractivity contribution in [3.63, 3.8) is 0 Å². The molecule has 148 valence electrons. The molecule has 0 aliphatic carbocycles. The largest absolute Gasteiger partial charge is 0.482 e. The van der Waals surface area contributed by atoms with Gasteiger partial charge >= 0.3 is 5.97 Å². The van der Waals surface area contributed by atoms with E-state index >= 15 is 0 Å². The Balaban J connectivity index is 1.62. The number of carbonyl (C=O) groups is 2. The average molecular weight is 383 g/mol. The molecule has 1 aromatic heterocycles. The quantitative estimate of drug-likeness (QED) is 0.735. The third-order valence-electron chi connectivity index (χ3n) is 5.13. The van der Waals surface area contributed by atoms with Crippen LogP contribution in [0.15, 0.2) is 48.8 Å². The summed E-state index contributed by atoms with van der Waals surface area (Å²) in [7, 11) is 0. The number of piperazine rings is 1. The van der Waals surface area contributed by atoms with E-state index in [0.29, 0.717) is 11.3 Å². The van der Waals surface area contributed by atoms with Crippen LogP contribution < -0.4 is 9.64 Å². The predicted molar refractivity (Wildman–Crippen MR) is 106 cm³/mol. The molecule has 1 fully saturated rings.